The van der Waals surface area contributed by atoms with E-state index < -0.39 is 0 Å². The number of fused-ring (bicyclic) bond motifs is 1. The average Bonchev–Trinajstić information content (AvgIpc) is 3.12. The molecule has 148 valence electrons. The number of carbonyl (C=O) groups excluding carboxylic acids is 2. The molecule has 1 N–H and O–H groups in total. The molecule has 4 rings (SSSR count). The van der Waals surface area contributed by atoms with Crippen LogP contribution in [0.2, 0.25) is 0 Å². The van der Waals surface area contributed by atoms with Crippen LogP contribution >= 0.6 is 0 Å². The van der Waals surface area contributed by atoms with Crippen LogP contribution in [0.3, 0.4) is 0 Å². The molecule has 0 fully saturated rings. The van der Waals surface area contributed by atoms with Crippen LogP contribution in [0.15, 0.2) is 60.7 Å². The normalized spacial score (nSPS) is 13.6. The Hall–Kier alpha value is -3.61. The first-order chi connectivity index (χ1) is 14.1. The van der Waals surface area contributed by atoms with Gasteiger partial charge in [0.15, 0.2) is 5.69 Å². The zero-order valence-electron chi connectivity index (χ0n) is 16.2. The zero-order chi connectivity index (χ0) is 20.2. The van der Waals surface area contributed by atoms with Crippen molar-refractivity contribution in [3.63, 3.8) is 0 Å². The van der Waals surface area contributed by atoms with Crippen molar-refractivity contribution in [2.75, 3.05) is 19.0 Å². The van der Waals surface area contributed by atoms with E-state index in [0.29, 0.717) is 36.8 Å². The number of hydrogen-bond acceptors (Lipinski definition) is 4. The molecule has 0 radical (unpaired) electrons. The molecule has 0 aliphatic carbocycles. The van der Waals surface area contributed by atoms with Crippen molar-refractivity contribution in [3.05, 3.63) is 77.6 Å². The standard InChI is InChI=1S/C22H22N4O3/c1-29-18-10-8-17(9-11-18)23-21(27)19-14-20-22(28)25(12-5-13-26(20)24-19)15-16-6-3-2-4-7-16/h2-4,6-11,14H,5,12-13,15H2,1H3,(H,23,27). The minimum Gasteiger partial charge on any atom is -0.497 e. The van der Waals surface area contributed by atoms with E-state index in [9.17, 15) is 9.59 Å². The van der Waals surface area contributed by atoms with Gasteiger partial charge < -0.3 is 15.0 Å². The highest BCUT2D eigenvalue weighted by Gasteiger charge is 2.26. The van der Waals surface area contributed by atoms with Crippen molar-refractivity contribution in [2.45, 2.75) is 19.5 Å². The molecule has 2 heterocycles. The number of nitrogens with one attached hydrogen (secondary N) is 1. The number of anilines is 1. The van der Waals surface area contributed by atoms with E-state index in [2.05, 4.69) is 10.4 Å². The lowest BCUT2D eigenvalue weighted by Crippen LogP contribution is -2.30. The first-order valence-corrected chi connectivity index (χ1v) is 9.50. The predicted molar refractivity (Wildman–Crippen MR) is 109 cm³/mol. The van der Waals surface area contributed by atoms with Crippen LogP contribution in [0.25, 0.3) is 0 Å². The summed E-state index contributed by atoms with van der Waals surface area (Å²) >= 11 is 0. The number of carbonyl (C=O) groups is 2. The van der Waals surface area contributed by atoms with E-state index in [-0.39, 0.29) is 17.5 Å². The van der Waals surface area contributed by atoms with Crippen molar-refractivity contribution in [3.8, 4) is 5.75 Å². The average molecular weight is 390 g/mol. The molecule has 0 saturated carbocycles. The number of aryl methyl sites for hydroxylation is 1. The van der Waals surface area contributed by atoms with Crippen LogP contribution in [0, 0.1) is 0 Å². The summed E-state index contributed by atoms with van der Waals surface area (Å²) in [5.41, 5.74) is 2.38. The number of amides is 2. The quantitative estimate of drug-likeness (QED) is 0.726. The van der Waals surface area contributed by atoms with Crippen molar-refractivity contribution < 1.29 is 14.3 Å². The number of aromatic nitrogens is 2. The number of methoxy groups -OCH3 is 1. The van der Waals surface area contributed by atoms with Crippen molar-refractivity contribution >= 4 is 17.5 Å². The van der Waals surface area contributed by atoms with Gasteiger partial charge in [0.1, 0.15) is 11.4 Å². The number of hydrogen-bond donors (Lipinski definition) is 1. The summed E-state index contributed by atoms with van der Waals surface area (Å²) in [5.74, 6) is 0.251. The van der Waals surface area contributed by atoms with E-state index in [1.165, 1.54) is 0 Å². The van der Waals surface area contributed by atoms with Gasteiger partial charge in [-0.3, -0.25) is 14.3 Å². The third-order valence-electron chi connectivity index (χ3n) is 4.88. The van der Waals surface area contributed by atoms with Crippen molar-refractivity contribution in [1.29, 1.82) is 0 Å². The number of rotatable bonds is 5. The number of nitrogens with zero attached hydrogens (tertiary/aromatic N) is 3. The SMILES string of the molecule is COc1ccc(NC(=O)c2cc3n(n2)CCCN(Cc2ccccc2)C3=O)cc1. The summed E-state index contributed by atoms with van der Waals surface area (Å²) in [5, 5.41) is 7.17. The summed E-state index contributed by atoms with van der Waals surface area (Å²) in [6.45, 7) is 1.80. The highest BCUT2D eigenvalue weighted by molar-refractivity contribution is 6.04. The molecule has 29 heavy (non-hydrogen) atoms. The largest absolute Gasteiger partial charge is 0.497 e. The second-order valence-corrected chi connectivity index (χ2v) is 6.89. The van der Waals surface area contributed by atoms with Gasteiger partial charge in [0, 0.05) is 31.4 Å². The molecule has 0 bridgehead atoms. The Bertz CT molecular complexity index is 1010. The predicted octanol–water partition coefficient (Wildman–Crippen LogP) is 3.19. The molecular formula is C22H22N4O3. The fourth-order valence-corrected chi connectivity index (χ4v) is 3.37. The molecule has 0 unspecified atom stereocenters. The summed E-state index contributed by atoms with van der Waals surface area (Å²) in [7, 11) is 1.59. The molecule has 1 aromatic heterocycles. The summed E-state index contributed by atoms with van der Waals surface area (Å²) in [4.78, 5) is 27.4. The Morgan fingerprint density at radius 3 is 2.59 bits per heavy atom. The molecular weight excluding hydrogens is 368 g/mol. The number of ether oxygens (including phenoxy) is 1. The highest BCUT2D eigenvalue weighted by Crippen LogP contribution is 2.19. The van der Waals surface area contributed by atoms with Gasteiger partial charge in [-0.15, -0.1) is 0 Å². The fraction of sp³-hybridized carbons (Fsp3) is 0.227. The van der Waals surface area contributed by atoms with Gasteiger partial charge in [-0.25, -0.2) is 0 Å². The Balaban J connectivity index is 1.51. The van der Waals surface area contributed by atoms with E-state index in [0.717, 1.165) is 12.0 Å². The summed E-state index contributed by atoms with van der Waals surface area (Å²) < 4.78 is 6.75. The maximum atomic E-state index is 13.0. The Labute approximate surface area is 168 Å². The second-order valence-electron chi connectivity index (χ2n) is 6.89. The lowest BCUT2D eigenvalue weighted by atomic mass is 10.2. The van der Waals surface area contributed by atoms with Gasteiger partial charge in [0.05, 0.1) is 7.11 Å². The van der Waals surface area contributed by atoms with E-state index in [1.54, 1.807) is 47.0 Å². The van der Waals surface area contributed by atoms with Crippen LogP contribution < -0.4 is 10.1 Å². The van der Waals surface area contributed by atoms with Gasteiger partial charge >= 0.3 is 0 Å². The second kappa shape index (κ2) is 8.18. The Morgan fingerprint density at radius 1 is 1.10 bits per heavy atom. The van der Waals surface area contributed by atoms with Crippen molar-refractivity contribution in [1.82, 2.24) is 14.7 Å². The minimum absolute atomic E-state index is 0.109. The molecule has 0 saturated heterocycles. The smallest absolute Gasteiger partial charge is 0.276 e. The first kappa shape index (κ1) is 18.7. The molecule has 7 nitrogen and oxygen atoms in total. The third-order valence-corrected chi connectivity index (χ3v) is 4.88. The fourth-order valence-electron chi connectivity index (χ4n) is 3.37. The molecule has 1 aliphatic rings. The van der Waals surface area contributed by atoms with E-state index >= 15 is 0 Å². The Morgan fingerprint density at radius 2 is 1.86 bits per heavy atom. The molecule has 1 aliphatic heterocycles. The molecule has 0 spiro atoms. The van der Waals surface area contributed by atoms with Crippen LogP contribution in [0.1, 0.15) is 33.0 Å². The van der Waals surface area contributed by atoms with Gasteiger partial charge in [-0.2, -0.15) is 5.10 Å². The molecule has 7 heteroatoms. The number of benzene rings is 2. The monoisotopic (exact) mass is 390 g/mol. The molecule has 2 aromatic carbocycles. The first-order valence-electron chi connectivity index (χ1n) is 9.50. The lowest BCUT2D eigenvalue weighted by Gasteiger charge is -2.20. The topological polar surface area (TPSA) is 76.5 Å². The molecule has 3 aromatic rings. The van der Waals surface area contributed by atoms with E-state index in [1.807, 2.05) is 30.3 Å². The zero-order valence-corrected chi connectivity index (χ0v) is 16.2. The van der Waals surface area contributed by atoms with Crippen LogP contribution in [0.4, 0.5) is 5.69 Å². The lowest BCUT2D eigenvalue weighted by molar-refractivity contribution is 0.0745. The minimum atomic E-state index is -0.349. The van der Waals surface area contributed by atoms with Gasteiger partial charge in [-0.1, -0.05) is 30.3 Å². The summed E-state index contributed by atoms with van der Waals surface area (Å²) in [6, 6.07) is 18.5. The molecule has 2 amide bonds. The van der Waals surface area contributed by atoms with Gasteiger partial charge in [0.25, 0.3) is 11.8 Å². The van der Waals surface area contributed by atoms with Gasteiger partial charge in [0.2, 0.25) is 0 Å². The van der Waals surface area contributed by atoms with Crippen LogP contribution in [-0.2, 0) is 13.1 Å². The van der Waals surface area contributed by atoms with Crippen LogP contribution in [0.5, 0.6) is 5.75 Å². The van der Waals surface area contributed by atoms with E-state index in [4.69, 9.17) is 4.74 Å². The van der Waals surface area contributed by atoms with Crippen LogP contribution in [-0.4, -0.2) is 40.1 Å². The maximum Gasteiger partial charge on any atom is 0.276 e. The highest BCUT2D eigenvalue weighted by atomic mass is 16.5. The third kappa shape index (κ3) is 4.13. The van der Waals surface area contributed by atoms with Crippen molar-refractivity contribution in [2.24, 2.45) is 0 Å². The molecule has 0 atom stereocenters. The Kier molecular flexibility index (Phi) is 5.29. The maximum absolute atomic E-state index is 13.0. The summed E-state index contributed by atoms with van der Waals surface area (Å²) in [6.07, 6.45) is 0.785. The van der Waals surface area contributed by atoms with Gasteiger partial charge in [-0.05, 0) is 36.2 Å².